The average Bonchev–Trinajstić information content (AvgIpc) is 2.62. The third-order valence-electron chi connectivity index (χ3n) is 3.35. The van der Waals surface area contributed by atoms with Gasteiger partial charge in [0.05, 0.1) is 7.11 Å². The number of carbonyl (C=O) groups excluding carboxylic acids is 2. The Bertz CT molecular complexity index is 718. The van der Waals surface area contributed by atoms with E-state index in [2.05, 4.69) is 25.9 Å². The molecule has 0 atom stereocenters. The summed E-state index contributed by atoms with van der Waals surface area (Å²) >= 11 is 0. The van der Waals surface area contributed by atoms with Gasteiger partial charge < -0.3 is 20.7 Å². The van der Waals surface area contributed by atoms with E-state index in [-0.39, 0.29) is 11.8 Å². The van der Waals surface area contributed by atoms with Gasteiger partial charge >= 0.3 is 6.03 Å². The maximum atomic E-state index is 11.8. The van der Waals surface area contributed by atoms with Crippen LogP contribution in [0.2, 0.25) is 0 Å². The summed E-state index contributed by atoms with van der Waals surface area (Å²) in [6, 6.07) is 8.15. The van der Waals surface area contributed by atoms with Crippen molar-refractivity contribution in [1.29, 1.82) is 0 Å². The van der Waals surface area contributed by atoms with Crippen molar-refractivity contribution in [2.24, 2.45) is 0 Å². The van der Waals surface area contributed by atoms with Crippen molar-refractivity contribution < 1.29 is 14.3 Å². The SMILES string of the molecule is COc1cc(NCCCNC(=O)Nc2ccc(C(C)=O)cc2)ncn1. The van der Waals surface area contributed by atoms with E-state index >= 15 is 0 Å². The average molecular weight is 343 g/mol. The molecule has 0 spiro atoms. The first kappa shape index (κ1) is 18.2. The van der Waals surface area contributed by atoms with Gasteiger partial charge in [0.15, 0.2) is 5.78 Å². The molecule has 1 aromatic carbocycles. The minimum atomic E-state index is -0.292. The van der Waals surface area contributed by atoms with E-state index in [1.807, 2.05) is 0 Å². The number of ketones is 1. The molecule has 132 valence electrons. The molecular weight excluding hydrogens is 322 g/mol. The topological polar surface area (TPSA) is 105 Å². The lowest BCUT2D eigenvalue weighted by Gasteiger charge is -2.09. The van der Waals surface area contributed by atoms with Gasteiger partial charge in [0.25, 0.3) is 0 Å². The zero-order chi connectivity index (χ0) is 18.1. The van der Waals surface area contributed by atoms with Gasteiger partial charge in [-0.1, -0.05) is 0 Å². The smallest absolute Gasteiger partial charge is 0.319 e. The minimum Gasteiger partial charge on any atom is -0.481 e. The van der Waals surface area contributed by atoms with Crippen LogP contribution < -0.4 is 20.7 Å². The number of aromatic nitrogens is 2. The number of nitrogens with one attached hydrogen (secondary N) is 3. The zero-order valence-corrected chi connectivity index (χ0v) is 14.2. The first-order valence-corrected chi connectivity index (χ1v) is 7.84. The molecule has 2 rings (SSSR count). The fourth-order valence-electron chi connectivity index (χ4n) is 2.02. The van der Waals surface area contributed by atoms with Crippen LogP contribution in [0.25, 0.3) is 0 Å². The summed E-state index contributed by atoms with van der Waals surface area (Å²) in [4.78, 5) is 31.0. The lowest BCUT2D eigenvalue weighted by molar-refractivity contribution is 0.101. The number of ether oxygens (including phenoxy) is 1. The van der Waals surface area contributed by atoms with E-state index in [1.54, 1.807) is 37.4 Å². The molecule has 0 saturated heterocycles. The van der Waals surface area contributed by atoms with Crippen molar-refractivity contribution in [3.05, 3.63) is 42.2 Å². The number of amides is 2. The Kier molecular flexibility index (Phi) is 6.70. The van der Waals surface area contributed by atoms with Gasteiger partial charge in [-0.3, -0.25) is 4.79 Å². The number of rotatable bonds is 8. The van der Waals surface area contributed by atoms with Crippen molar-refractivity contribution in [3.63, 3.8) is 0 Å². The van der Waals surface area contributed by atoms with E-state index in [4.69, 9.17) is 4.74 Å². The normalized spacial score (nSPS) is 10.0. The van der Waals surface area contributed by atoms with Gasteiger partial charge in [-0.2, -0.15) is 0 Å². The number of carbonyl (C=O) groups is 2. The third-order valence-corrected chi connectivity index (χ3v) is 3.35. The number of anilines is 2. The molecule has 25 heavy (non-hydrogen) atoms. The molecule has 0 bridgehead atoms. The number of hydrogen-bond donors (Lipinski definition) is 3. The molecule has 0 aliphatic carbocycles. The molecule has 1 aromatic heterocycles. The molecule has 2 aromatic rings. The highest BCUT2D eigenvalue weighted by Gasteiger charge is 2.03. The summed E-state index contributed by atoms with van der Waals surface area (Å²) in [5.74, 6) is 1.15. The summed E-state index contributed by atoms with van der Waals surface area (Å²) in [5.41, 5.74) is 1.24. The molecule has 0 aliphatic rings. The van der Waals surface area contributed by atoms with Crippen molar-refractivity contribution in [2.75, 3.05) is 30.8 Å². The number of urea groups is 1. The van der Waals surface area contributed by atoms with E-state index in [9.17, 15) is 9.59 Å². The molecule has 3 N–H and O–H groups in total. The van der Waals surface area contributed by atoms with Crippen molar-refractivity contribution >= 4 is 23.3 Å². The van der Waals surface area contributed by atoms with E-state index < -0.39 is 0 Å². The lowest BCUT2D eigenvalue weighted by Crippen LogP contribution is -2.30. The Labute approximate surface area is 146 Å². The number of Topliss-reactive ketones (excluding diaryl/α,β-unsaturated/α-hetero) is 1. The van der Waals surface area contributed by atoms with Crippen LogP contribution in [0.4, 0.5) is 16.3 Å². The first-order valence-electron chi connectivity index (χ1n) is 7.84. The van der Waals surface area contributed by atoms with Gasteiger partial charge in [0.2, 0.25) is 5.88 Å². The minimum absolute atomic E-state index is 0.00944. The predicted molar refractivity (Wildman–Crippen MR) is 95.2 cm³/mol. The van der Waals surface area contributed by atoms with E-state index in [1.165, 1.54) is 13.3 Å². The summed E-state index contributed by atoms with van der Waals surface area (Å²) < 4.78 is 5.02. The summed E-state index contributed by atoms with van der Waals surface area (Å²) in [6.07, 6.45) is 2.15. The molecular formula is C17H21N5O3. The standard InChI is InChI=1S/C17H21N5O3/c1-12(23)13-4-6-14(7-5-13)22-17(24)19-9-3-8-18-15-10-16(25-2)21-11-20-15/h4-7,10-11H,3,8-9H2,1-2H3,(H,18,20,21)(H2,19,22,24). The van der Waals surface area contributed by atoms with Gasteiger partial charge in [-0.05, 0) is 37.6 Å². The Hall–Kier alpha value is -3.16. The highest BCUT2D eigenvalue weighted by molar-refractivity contribution is 5.95. The second-order valence-corrected chi connectivity index (χ2v) is 5.24. The molecule has 0 fully saturated rings. The van der Waals surface area contributed by atoms with Crippen LogP contribution in [0, 0.1) is 0 Å². The second-order valence-electron chi connectivity index (χ2n) is 5.24. The van der Waals surface area contributed by atoms with Gasteiger partial charge in [-0.15, -0.1) is 0 Å². The third kappa shape index (κ3) is 6.09. The van der Waals surface area contributed by atoms with Crippen LogP contribution in [0.5, 0.6) is 5.88 Å². The maximum absolute atomic E-state index is 11.8. The predicted octanol–water partition coefficient (Wildman–Crippen LogP) is 2.31. The number of nitrogens with zero attached hydrogens (tertiary/aromatic N) is 2. The van der Waals surface area contributed by atoms with Crippen LogP contribution in [0.1, 0.15) is 23.7 Å². The Morgan fingerprint density at radius 2 is 1.88 bits per heavy atom. The molecule has 0 radical (unpaired) electrons. The largest absolute Gasteiger partial charge is 0.481 e. The van der Waals surface area contributed by atoms with Crippen molar-refractivity contribution in [3.8, 4) is 5.88 Å². The summed E-state index contributed by atoms with van der Waals surface area (Å²) in [7, 11) is 1.54. The number of benzene rings is 1. The lowest BCUT2D eigenvalue weighted by atomic mass is 10.1. The van der Waals surface area contributed by atoms with Gasteiger partial charge in [0, 0.05) is 30.4 Å². The Balaban J connectivity index is 1.65. The molecule has 2 amide bonds. The summed E-state index contributed by atoms with van der Waals surface area (Å²) in [5, 5.41) is 8.60. The van der Waals surface area contributed by atoms with Crippen LogP contribution in [-0.2, 0) is 0 Å². The molecule has 8 nitrogen and oxygen atoms in total. The monoisotopic (exact) mass is 343 g/mol. The highest BCUT2D eigenvalue weighted by atomic mass is 16.5. The molecule has 1 heterocycles. The Morgan fingerprint density at radius 3 is 2.56 bits per heavy atom. The molecule has 0 saturated carbocycles. The zero-order valence-electron chi connectivity index (χ0n) is 14.2. The fraction of sp³-hybridized carbons (Fsp3) is 0.294. The molecule has 0 aliphatic heterocycles. The fourth-order valence-corrected chi connectivity index (χ4v) is 2.02. The van der Waals surface area contributed by atoms with E-state index in [0.29, 0.717) is 36.0 Å². The summed E-state index contributed by atoms with van der Waals surface area (Å²) in [6.45, 7) is 2.65. The Morgan fingerprint density at radius 1 is 1.12 bits per heavy atom. The van der Waals surface area contributed by atoms with Crippen LogP contribution >= 0.6 is 0 Å². The maximum Gasteiger partial charge on any atom is 0.319 e. The van der Waals surface area contributed by atoms with Crippen molar-refractivity contribution in [2.45, 2.75) is 13.3 Å². The quantitative estimate of drug-likeness (QED) is 0.502. The van der Waals surface area contributed by atoms with Crippen LogP contribution in [0.15, 0.2) is 36.7 Å². The van der Waals surface area contributed by atoms with Crippen LogP contribution in [-0.4, -0.2) is 42.0 Å². The van der Waals surface area contributed by atoms with Gasteiger partial charge in [-0.25, -0.2) is 14.8 Å². The highest BCUT2D eigenvalue weighted by Crippen LogP contribution is 2.10. The molecule has 8 heteroatoms. The van der Waals surface area contributed by atoms with Gasteiger partial charge in [0.1, 0.15) is 12.1 Å². The van der Waals surface area contributed by atoms with E-state index in [0.717, 1.165) is 6.42 Å². The first-order chi connectivity index (χ1) is 12.1. The van der Waals surface area contributed by atoms with Crippen molar-refractivity contribution in [1.82, 2.24) is 15.3 Å². The number of methoxy groups -OCH3 is 1. The second kappa shape index (κ2) is 9.21. The number of hydrogen-bond acceptors (Lipinski definition) is 6. The van der Waals surface area contributed by atoms with Crippen LogP contribution in [0.3, 0.4) is 0 Å². The molecule has 0 unspecified atom stereocenters.